The molecule has 2 rings (SSSR count). The van der Waals surface area contributed by atoms with Gasteiger partial charge in [-0.15, -0.1) is 0 Å². The second-order valence-corrected chi connectivity index (χ2v) is 3.87. The van der Waals surface area contributed by atoms with Crippen molar-refractivity contribution in [1.82, 2.24) is 0 Å². The second kappa shape index (κ2) is 4.71. The Kier molecular flexibility index (Phi) is 3.11. The van der Waals surface area contributed by atoms with Gasteiger partial charge in [-0.1, -0.05) is 18.2 Å². The predicted octanol–water partition coefficient (Wildman–Crippen LogP) is 3.54. The first-order chi connectivity index (χ1) is 8.24. The van der Waals surface area contributed by atoms with E-state index in [4.69, 9.17) is 10.00 Å². The van der Waals surface area contributed by atoms with E-state index in [9.17, 15) is 0 Å². The first-order valence-corrected chi connectivity index (χ1v) is 5.40. The third kappa shape index (κ3) is 2.29. The molecule has 17 heavy (non-hydrogen) atoms. The molecule has 0 saturated heterocycles. The molecule has 0 atom stereocenters. The van der Waals surface area contributed by atoms with E-state index in [1.165, 1.54) is 0 Å². The lowest BCUT2D eigenvalue weighted by Gasteiger charge is -2.08. The zero-order chi connectivity index (χ0) is 12.3. The number of methoxy groups -OCH3 is 1. The average Bonchev–Trinajstić information content (AvgIpc) is 2.39. The molecule has 0 aliphatic rings. The van der Waals surface area contributed by atoms with E-state index in [0.29, 0.717) is 5.56 Å². The molecule has 0 aliphatic carbocycles. The van der Waals surface area contributed by atoms with Gasteiger partial charge in [-0.3, -0.25) is 0 Å². The lowest BCUT2D eigenvalue weighted by atomic mass is 9.99. The third-order valence-electron chi connectivity index (χ3n) is 2.76. The Hall–Kier alpha value is -2.27. The third-order valence-corrected chi connectivity index (χ3v) is 2.76. The zero-order valence-corrected chi connectivity index (χ0v) is 9.90. The minimum Gasteiger partial charge on any atom is -0.497 e. The van der Waals surface area contributed by atoms with Crippen LogP contribution in [-0.2, 0) is 0 Å². The molecule has 0 radical (unpaired) electrons. The highest BCUT2D eigenvalue weighted by molar-refractivity contribution is 5.68. The normalized spacial score (nSPS) is 9.71. The van der Waals surface area contributed by atoms with Gasteiger partial charge in [-0.25, -0.2) is 0 Å². The van der Waals surface area contributed by atoms with Crippen molar-refractivity contribution in [2.45, 2.75) is 6.92 Å². The fraction of sp³-hybridized carbons (Fsp3) is 0.133. The molecule has 0 bridgehead atoms. The van der Waals surface area contributed by atoms with Crippen LogP contribution in [0.15, 0.2) is 42.5 Å². The van der Waals surface area contributed by atoms with Gasteiger partial charge >= 0.3 is 0 Å². The first-order valence-electron chi connectivity index (χ1n) is 5.40. The minimum absolute atomic E-state index is 0.680. The Labute approximate surface area is 101 Å². The zero-order valence-electron chi connectivity index (χ0n) is 9.90. The van der Waals surface area contributed by atoms with E-state index in [1.807, 2.05) is 42.5 Å². The van der Waals surface area contributed by atoms with Crippen molar-refractivity contribution in [2.75, 3.05) is 7.11 Å². The van der Waals surface area contributed by atoms with Crippen LogP contribution in [0.3, 0.4) is 0 Å². The standard InChI is InChI=1S/C15H13NO/c1-11-9-14(17-2)7-8-15(11)13-5-3-12(10-16)4-6-13/h3-9H,1-2H3. The van der Waals surface area contributed by atoms with Gasteiger partial charge in [0.05, 0.1) is 18.7 Å². The largest absolute Gasteiger partial charge is 0.497 e. The maximum Gasteiger partial charge on any atom is 0.119 e. The Balaban J connectivity index is 2.42. The monoisotopic (exact) mass is 223 g/mol. The molecule has 84 valence electrons. The Morgan fingerprint density at radius 2 is 1.76 bits per heavy atom. The number of rotatable bonds is 2. The summed E-state index contributed by atoms with van der Waals surface area (Å²) in [4.78, 5) is 0. The highest BCUT2D eigenvalue weighted by atomic mass is 16.5. The van der Waals surface area contributed by atoms with Crippen molar-refractivity contribution < 1.29 is 4.74 Å². The van der Waals surface area contributed by atoms with Crippen LogP contribution in [0.2, 0.25) is 0 Å². The summed E-state index contributed by atoms with van der Waals surface area (Å²) in [5.74, 6) is 0.861. The van der Waals surface area contributed by atoms with Crippen molar-refractivity contribution in [2.24, 2.45) is 0 Å². The van der Waals surface area contributed by atoms with Crippen LogP contribution in [0.25, 0.3) is 11.1 Å². The highest BCUT2D eigenvalue weighted by Crippen LogP contribution is 2.26. The summed E-state index contributed by atoms with van der Waals surface area (Å²) in [5, 5.41) is 8.76. The maximum atomic E-state index is 8.76. The van der Waals surface area contributed by atoms with Crippen LogP contribution in [0, 0.1) is 18.3 Å². The molecule has 0 unspecified atom stereocenters. The fourth-order valence-corrected chi connectivity index (χ4v) is 1.81. The molecule has 0 N–H and O–H groups in total. The summed E-state index contributed by atoms with van der Waals surface area (Å²) in [6, 6.07) is 15.7. The minimum atomic E-state index is 0.680. The van der Waals surface area contributed by atoms with Gasteiger partial charge in [0, 0.05) is 0 Å². The molecule has 0 aliphatic heterocycles. The van der Waals surface area contributed by atoms with Crippen LogP contribution in [0.1, 0.15) is 11.1 Å². The van der Waals surface area contributed by atoms with Crippen molar-refractivity contribution in [3.8, 4) is 22.9 Å². The average molecular weight is 223 g/mol. The molecular formula is C15H13NO. The Morgan fingerprint density at radius 1 is 1.06 bits per heavy atom. The van der Waals surface area contributed by atoms with E-state index >= 15 is 0 Å². The van der Waals surface area contributed by atoms with E-state index in [2.05, 4.69) is 13.0 Å². The number of hydrogen-bond acceptors (Lipinski definition) is 2. The van der Waals surface area contributed by atoms with E-state index in [1.54, 1.807) is 7.11 Å². The van der Waals surface area contributed by atoms with Crippen LogP contribution in [0.4, 0.5) is 0 Å². The van der Waals surface area contributed by atoms with Crippen molar-refractivity contribution in [3.05, 3.63) is 53.6 Å². The molecular weight excluding hydrogens is 210 g/mol. The maximum absolute atomic E-state index is 8.76. The molecule has 0 aromatic heterocycles. The van der Waals surface area contributed by atoms with Gasteiger partial charge in [-0.05, 0) is 47.9 Å². The molecule has 2 aromatic rings. The SMILES string of the molecule is COc1ccc(-c2ccc(C#N)cc2)c(C)c1. The quantitative estimate of drug-likeness (QED) is 0.780. The summed E-state index contributed by atoms with van der Waals surface area (Å²) < 4.78 is 5.18. The lowest BCUT2D eigenvalue weighted by Crippen LogP contribution is -1.87. The first kappa shape index (κ1) is 11.2. The van der Waals surface area contributed by atoms with Crippen molar-refractivity contribution in [3.63, 3.8) is 0 Å². The lowest BCUT2D eigenvalue weighted by molar-refractivity contribution is 0.414. The number of nitriles is 1. The Bertz CT molecular complexity index is 564. The van der Waals surface area contributed by atoms with E-state index in [-0.39, 0.29) is 0 Å². The van der Waals surface area contributed by atoms with Gasteiger partial charge < -0.3 is 4.74 Å². The van der Waals surface area contributed by atoms with Gasteiger partial charge in [0.1, 0.15) is 5.75 Å². The topological polar surface area (TPSA) is 33.0 Å². The fourth-order valence-electron chi connectivity index (χ4n) is 1.81. The molecule has 0 heterocycles. The summed E-state index contributed by atoms with van der Waals surface area (Å²) >= 11 is 0. The molecule has 0 saturated carbocycles. The van der Waals surface area contributed by atoms with Crippen LogP contribution in [-0.4, -0.2) is 7.11 Å². The van der Waals surface area contributed by atoms with Crippen LogP contribution >= 0.6 is 0 Å². The van der Waals surface area contributed by atoms with Gasteiger partial charge in [0.15, 0.2) is 0 Å². The highest BCUT2D eigenvalue weighted by Gasteiger charge is 2.03. The van der Waals surface area contributed by atoms with Gasteiger partial charge in [-0.2, -0.15) is 5.26 Å². The van der Waals surface area contributed by atoms with E-state index in [0.717, 1.165) is 22.4 Å². The molecule has 2 nitrogen and oxygen atoms in total. The summed E-state index contributed by atoms with van der Waals surface area (Å²) in [6.45, 7) is 2.05. The van der Waals surface area contributed by atoms with Crippen LogP contribution in [0.5, 0.6) is 5.75 Å². The molecule has 0 amide bonds. The number of nitrogens with zero attached hydrogens (tertiary/aromatic N) is 1. The number of aryl methyl sites for hydroxylation is 1. The molecule has 2 heteroatoms. The summed E-state index contributed by atoms with van der Waals surface area (Å²) in [7, 11) is 1.66. The van der Waals surface area contributed by atoms with Crippen molar-refractivity contribution in [1.29, 1.82) is 5.26 Å². The van der Waals surface area contributed by atoms with Gasteiger partial charge in [0.2, 0.25) is 0 Å². The number of ether oxygens (including phenoxy) is 1. The second-order valence-electron chi connectivity index (χ2n) is 3.87. The smallest absolute Gasteiger partial charge is 0.119 e. The number of benzene rings is 2. The summed E-state index contributed by atoms with van der Waals surface area (Å²) in [6.07, 6.45) is 0. The van der Waals surface area contributed by atoms with Crippen LogP contribution < -0.4 is 4.74 Å². The molecule has 0 fully saturated rings. The summed E-state index contributed by atoms with van der Waals surface area (Å²) in [5.41, 5.74) is 4.12. The molecule has 0 spiro atoms. The van der Waals surface area contributed by atoms with Crippen molar-refractivity contribution >= 4 is 0 Å². The molecule has 2 aromatic carbocycles. The van der Waals surface area contributed by atoms with E-state index < -0.39 is 0 Å². The van der Waals surface area contributed by atoms with Gasteiger partial charge in [0.25, 0.3) is 0 Å². The number of hydrogen-bond donors (Lipinski definition) is 0. The Morgan fingerprint density at radius 3 is 2.29 bits per heavy atom. The predicted molar refractivity (Wildman–Crippen MR) is 67.9 cm³/mol.